The molecule has 1 fully saturated rings. The fraction of sp³-hybridized carbons (Fsp3) is 0.571. The minimum absolute atomic E-state index is 0.231. The molecule has 1 aromatic carbocycles. The number of thioether (sulfide) groups is 1. The number of rotatable bonds is 4. The minimum Gasteiger partial charge on any atom is -0.504 e. The summed E-state index contributed by atoms with van der Waals surface area (Å²) in [4.78, 5) is 0. The molecule has 0 amide bonds. The van der Waals surface area contributed by atoms with Crippen LogP contribution in [-0.2, 0) is 6.54 Å². The van der Waals surface area contributed by atoms with Crippen LogP contribution < -0.4 is 5.32 Å². The summed E-state index contributed by atoms with van der Waals surface area (Å²) in [5, 5.41) is 32.6. The Hall–Kier alpha value is -1.07. The normalized spacial score (nSPS) is 23.4. The van der Waals surface area contributed by atoms with E-state index in [4.69, 9.17) is 0 Å². The lowest BCUT2D eigenvalue weighted by Gasteiger charge is -2.28. The van der Waals surface area contributed by atoms with Crippen molar-refractivity contribution in [2.75, 3.05) is 6.26 Å². The molecule has 2 rings (SSSR count). The van der Waals surface area contributed by atoms with Crippen molar-refractivity contribution < 1.29 is 15.3 Å². The molecule has 0 aliphatic heterocycles. The van der Waals surface area contributed by atoms with Crippen molar-refractivity contribution in [3.63, 3.8) is 0 Å². The van der Waals surface area contributed by atoms with Gasteiger partial charge >= 0.3 is 0 Å². The van der Waals surface area contributed by atoms with Gasteiger partial charge in [-0.3, -0.25) is 0 Å². The van der Waals surface area contributed by atoms with Gasteiger partial charge in [0.15, 0.2) is 11.5 Å². The Labute approximate surface area is 117 Å². The van der Waals surface area contributed by atoms with E-state index in [0.717, 1.165) is 18.1 Å². The fourth-order valence-corrected chi connectivity index (χ4v) is 3.25. The Morgan fingerprint density at radius 1 is 1.11 bits per heavy atom. The van der Waals surface area contributed by atoms with Gasteiger partial charge in [-0.2, -0.15) is 11.8 Å². The highest BCUT2D eigenvalue weighted by molar-refractivity contribution is 7.99. The van der Waals surface area contributed by atoms with E-state index in [-0.39, 0.29) is 11.5 Å². The summed E-state index contributed by atoms with van der Waals surface area (Å²) in [6.45, 7) is 0.508. The summed E-state index contributed by atoms with van der Waals surface area (Å²) in [6.07, 6.45) is 6.92. The molecular formula is C14H21NO3S. The second-order valence-corrected chi connectivity index (χ2v) is 6.17. The number of phenols is 3. The Morgan fingerprint density at radius 2 is 1.79 bits per heavy atom. The van der Waals surface area contributed by atoms with Crippen LogP contribution in [0.3, 0.4) is 0 Å². The average Bonchev–Trinajstić information content (AvgIpc) is 2.45. The maximum Gasteiger partial charge on any atom is 0.200 e. The Kier molecular flexibility index (Phi) is 4.82. The van der Waals surface area contributed by atoms with Crippen molar-refractivity contribution in [1.82, 2.24) is 5.32 Å². The molecular weight excluding hydrogens is 262 g/mol. The van der Waals surface area contributed by atoms with Gasteiger partial charge in [0, 0.05) is 23.4 Å². The topological polar surface area (TPSA) is 72.7 Å². The smallest absolute Gasteiger partial charge is 0.200 e. The van der Waals surface area contributed by atoms with Crippen LogP contribution in [0.5, 0.6) is 17.2 Å². The molecule has 106 valence electrons. The first-order chi connectivity index (χ1) is 9.11. The highest BCUT2D eigenvalue weighted by atomic mass is 32.2. The first-order valence-electron chi connectivity index (χ1n) is 6.60. The van der Waals surface area contributed by atoms with E-state index in [0.29, 0.717) is 18.2 Å². The second-order valence-electron chi connectivity index (χ2n) is 5.03. The molecule has 0 aromatic heterocycles. The van der Waals surface area contributed by atoms with Crippen LogP contribution in [0, 0.1) is 0 Å². The third kappa shape index (κ3) is 3.48. The fourth-order valence-electron chi connectivity index (χ4n) is 2.51. The zero-order valence-electron chi connectivity index (χ0n) is 11.1. The summed E-state index contributed by atoms with van der Waals surface area (Å²) in [7, 11) is 0. The van der Waals surface area contributed by atoms with Crippen LogP contribution in [0.25, 0.3) is 0 Å². The number of hydrogen-bond donors (Lipinski definition) is 4. The van der Waals surface area contributed by atoms with Crippen LogP contribution in [0.2, 0.25) is 0 Å². The number of nitrogens with one attached hydrogen (secondary N) is 1. The van der Waals surface area contributed by atoms with Gasteiger partial charge in [-0.05, 0) is 38.0 Å². The van der Waals surface area contributed by atoms with Crippen LogP contribution in [0.4, 0.5) is 0 Å². The monoisotopic (exact) mass is 283 g/mol. The maximum atomic E-state index is 9.73. The van der Waals surface area contributed by atoms with Gasteiger partial charge in [0.05, 0.1) is 0 Å². The highest BCUT2D eigenvalue weighted by Gasteiger charge is 2.20. The second kappa shape index (κ2) is 6.39. The van der Waals surface area contributed by atoms with Gasteiger partial charge in [-0.25, -0.2) is 0 Å². The molecule has 0 bridgehead atoms. The van der Waals surface area contributed by atoms with E-state index in [9.17, 15) is 15.3 Å². The number of benzene rings is 1. The number of phenolic OH excluding ortho intramolecular Hbond substituents is 3. The van der Waals surface area contributed by atoms with Gasteiger partial charge in [0.25, 0.3) is 0 Å². The SMILES string of the molecule is CSC1CCC(NCc2ccc(O)c(O)c2O)CC1. The summed E-state index contributed by atoms with van der Waals surface area (Å²) in [5.41, 5.74) is 0.613. The van der Waals surface area contributed by atoms with Crippen molar-refractivity contribution in [1.29, 1.82) is 0 Å². The van der Waals surface area contributed by atoms with Gasteiger partial charge in [-0.1, -0.05) is 6.07 Å². The first-order valence-corrected chi connectivity index (χ1v) is 7.89. The predicted molar refractivity (Wildman–Crippen MR) is 77.8 cm³/mol. The summed E-state index contributed by atoms with van der Waals surface area (Å²) in [6, 6.07) is 3.50. The number of hydrogen-bond acceptors (Lipinski definition) is 5. The molecule has 1 aromatic rings. The third-order valence-corrected chi connectivity index (χ3v) is 4.94. The van der Waals surface area contributed by atoms with E-state index in [1.54, 1.807) is 6.07 Å². The van der Waals surface area contributed by atoms with Gasteiger partial charge in [-0.15, -0.1) is 0 Å². The Balaban J connectivity index is 1.88. The van der Waals surface area contributed by atoms with Gasteiger partial charge in [0.2, 0.25) is 5.75 Å². The average molecular weight is 283 g/mol. The van der Waals surface area contributed by atoms with E-state index in [1.807, 2.05) is 11.8 Å². The summed E-state index contributed by atoms with van der Waals surface area (Å²) in [5.74, 6) is -0.961. The van der Waals surface area contributed by atoms with Crippen LogP contribution in [-0.4, -0.2) is 32.9 Å². The Bertz CT molecular complexity index is 431. The lowest BCUT2D eigenvalue weighted by atomic mass is 9.95. The van der Waals surface area contributed by atoms with Crippen molar-refractivity contribution in [3.8, 4) is 17.2 Å². The molecule has 1 saturated carbocycles. The molecule has 4 N–H and O–H groups in total. The largest absolute Gasteiger partial charge is 0.504 e. The van der Waals surface area contributed by atoms with Crippen LogP contribution in [0.1, 0.15) is 31.2 Å². The zero-order chi connectivity index (χ0) is 13.8. The summed E-state index contributed by atoms with van der Waals surface area (Å²) < 4.78 is 0. The summed E-state index contributed by atoms with van der Waals surface area (Å²) >= 11 is 1.94. The zero-order valence-corrected chi connectivity index (χ0v) is 11.9. The van der Waals surface area contributed by atoms with Crippen molar-refractivity contribution in [2.45, 2.75) is 43.5 Å². The molecule has 0 atom stereocenters. The number of aromatic hydroxyl groups is 3. The molecule has 0 unspecified atom stereocenters. The first kappa shape index (κ1) is 14.3. The molecule has 19 heavy (non-hydrogen) atoms. The molecule has 4 nitrogen and oxygen atoms in total. The molecule has 0 heterocycles. The quantitative estimate of drug-likeness (QED) is 0.639. The molecule has 0 spiro atoms. The molecule has 1 aliphatic carbocycles. The van der Waals surface area contributed by atoms with Gasteiger partial charge in [0.1, 0.15) is 0 Å². The van der Waals surface area contributed by atoms with Crippen molar-refractivity contribution >= 4 is 11.8 Å². The van der Waals surface area contributed by atoms with E-state index in [1.165, 1.54) is 18.9 Å². The van der Waals surface area contributed by atoms with Gasteiger partial charge < -0.3 is 20.6 Å². The van der Waals surface area contributed by atoms with E-state index >= 15 is 0 Å². The van der Waals surface area contributed by atoms with Crippen LogP contribution >= 0.6 is 11.8 Å². The minimum atomic E-state index is -0.439. The lowest BCUT2D eigenvalue weighted by molar-refractivity contribution is 0.355. The van der Waals surface area contributed by atoms with E-state index < -0.39 is 5.75 Å². The molecule has 0 radical (unpaired) electrons. The predicted octanol–water partition coefficient (Wildman–Crippen LogP) is 2.57. The maximum absolute atomic E-state index is 9.73. The standard InChI is InChI=1S/C14H21NO3S/c1-19-11-5-3-10(4-6-11)15-8-9-2-7-12(16)14(18)13(9)17/h2,7,10-11,15-18H,3-6,8H2,1H3. The molecule has 1 aliphatic rings. The lowest BCUT2D eigenvalue weighted by Crippen LogP contribution is -2.33. The Morgan fingerprint density at radius 3 is 2.42 bits per heavy atom. The van der Waals surface area contributed by atoms with Crippen molar-refractivity contribution in [3.05, 3.63) is 17.7 Å². The van der Waals surface area contributed by atoms with E-state index in [2.05, 4.69) is 11.6 Å². The third-order valence-electron chi connectivity index (χ3n) is 3.80. The highest BCUT2D eigenvalue weighted by Crippen LogP contribution is 2.37. The molecule has 0 saturated heterocycles. The van der Waals surface area contributed by atoms with Crippen molar-refractivity contribution in [2.24, 2.45) is 0 Å². The molecule has 5 heteroatoms. The van der Waals surface area contributed by atoms with Crippen LogP contribution in [0.15, 0.2) is 12.1 Å².